The lowest BCUT2D eigenvalue weighted by Gasteiger charge is -2.09. The van der Waals surface area contributed by atoms with Crippen molar-refractivity contribution in [1.29, 1.82) is 5.41 Å². The lowest BCUT2D eigenvalue weighted by atomic mass is 10.1. The number of amides is 2. The van der Waals surface area contributed by atoms with Gasteiger partial charge in [-0.25, -0.2) is 18.2 Å². The largest absolute Gasteiger partial charge is 0.383 e. The molecule has 0 fully saturated rings. The van der Waals surface area contributed by atoms with Gasteiger partial charge in [0.2, 0.25) is 0 Å². The number of urea groups is 1. The maximum atomic E-state index is 12.0. The molecule has 0 aliphatic rings. The molecule has 1 heterocycles. The Labute approximate surface area is 179 Å². The number of benzene rings is 2. The van der Waals surface area contributed by atoms with Gasteiger partial charge in [-0.15, -0.1) is 0 Å². The minimum absolute atomic E-state index is 0.0447. The number of sulfone groups is 1. The minimum atomic E-state index is -3.50. The first-order valence-corrected chi connectivity index (χ1v) is 10.9. The molecule has 0 bridgehead atoms. The van der Waals surface area contributed by atoms with Crippen LogP contribution in [0.25, 0.3) is 0 Å². The zero-order chi connectivity index (χ0) is 22.4. The smallest absolute Gasteiger partial charge is 0.323 e. The van der Waals surface area contributed by atoms with Crippen molar-refractivity contribution in [1.82, 2.24) is 4.98 Å². The van der Waals surface area contributed by atoms with Crippen LogP contribution >= 0.6 is 0 Å². The van der Waals surface area contributed by atoms with E-state index in [1.54, 1.807) is 54.7 Å². The van der Waals surface area contributed by atoms with Crippen LogP contribution in [0.4, 0.5) is 16.2 Å². The number of hydrogen-bond donors (Lipinski definition) is 4. The summed E-state index contributed by atoms with van der Waals surface area (Å²) in [5.41, 5.74) is 7.72. The van der Waals surface area contributed by atoms with E-state index in [1.165, 1.54) is 18.3 Å². The first-order chi connectivity index (χ1) is 14.7. The highest BCUT2D eigenvalue weighted by Crippen LogP contribution is 2.16. The van der Waals surface area contributed by atoms with Crippen molar-refractivity contribution in [2.45, 2.75) is 4.90 Å². The highest BCUT2D eigenvalue weighted by atomic mass is 32.2. The second-order valence-electron chi connectivity index (χ2n) is 6.51. The van der Waals surface area contributed by atoms with E-state index in [0.29, 0.717) is 16.9 Å². The summed E-state index contributed by atoms with van der Waals surface area (Å²) in [7, 11) is -3.50. The third-order valence-corrected chi connectivity index (χ3v) is 5.29. The number of anilines is 2. The van der Waals surface area contributed by atoms with E-state index in [0.717, 1.165) is 6.26 Å². The lowest BCUT2D eigenvalue weighted by molar-refractivity contribution is 0.262. The Hall–Kier alpha value is -4.05. The predicted octanol–water partition coefficient (Wildman–Crippen LogP) is 2.86. The highest BCUT2D eigenvalue weighted by molar-refractivity contribution is 7.90. The van der Waals surface area contributed by atoms with Gasteiger partial charge in [0.25, 0.3) is 0 Å². The Bertz CT molecular complexity index is 1240. The number of rotatable bonds is 5. The standard InChI is InChI=1S/C21H20N6O3S/c1-31(29,30)18-7-3-2-6-17(18)20(23)27-19(22)14-8-10-15(11-9-14)25-21(28)26-16-5-4-12-24-13-16/h2-13H,1H3,(H3,22,23,27)(H2,25,26,28). The van der Waals surface area contributed by atoms with Crippen LogP contribution in [0.15, 0.2) is 82.9 Å². The first kappa shape index (κ1) is 21.7. The van der Waals surface area contributed by atoms with Gasteiger partial charge in [-0.05, 0) is 48.5 Å². The Kier molecular flexibility index (Phi) is 6.41. The Morgan fingerprint density at radius 3 is 2.32 bits per heavy atom. The molecule has 3 aromatic rings. The number of amidine groups is 2. The number of carbonyl (C=O) groups excluding carboxylic acids is 1. The fourth-order valence-corrected chi connectivity index (χ4v) is 3.59. The summed E-state index contributed by atoms with van der Waals surface area (Å²) in [4.78, 5) is 20.0. The summed E-state index contributed by atoms with van der Waals surface area (Å²) >= 11 is 0. The second kappa shape index (κ2) is 9.18. The van der Waals surface area contributed by atoms with Crippen molar-refractivity contribution in [3.8, 4) is 0 Å². The van der Waals surface area contributed by atoms with Crippen molar-refractivity contribution in [2.75, 3.05) is 16.9 Å². The van der Waals surface area contributed by atoms with Gasteiger partial charge in [0.15, 0.2) is 15.7 Å². The fourth-order valence-electron chi connectivity index (χ4n) is 2.69. The first-order valence-electron chi connectivity index (χ1n) is 9.04. The Morgan fingerprint density at radius 2 is 1.68 bits per heavy atom. The molecule has 10 heteroatoms. The number of carbonyl (C=O) groups is 1. The van der Waals surface area contributed by atoms with E-state index >= 15 is 0 Å². The summed E-state index contributed by atoms with van der Waals surface area (Å²) in [6.45, 7) is 0. The van der Waals surface area contributed by atoms with E-state index in [1.807, 2.05) is 0 Å². The van der Waals surface area contributed by atoms with E-state index in [-0.39, 0.29) is 22.1 Å². The summed E-state index contributed by atoms with van der Waals surface area (Å²) < 4.78 is 23.9. The van der Waals surface area contributed by atoms with E-state index in [9.17, 15) is 13.2 Å². The molecule has 0 aliphatic carbocycles. The Morgan fingerprint density at radius 1 is 1.00 bits per heavy atom. The molecule has 0 saturated heterocycles. The molecule has 2 amide bonds. The number of aliphatic imine (C=N–C) groups is 1. The van der Waals surface area contributed by atoms with Gasteiger partial charge in [0.05, 0.1) is 16.8 Å². The van der Waals surface area contributed by atoms with Crippen LogP contribution in [0.2, 0.25) is 0 Å². The molecular weight excluding hydrogens is 416 g/mol. The van der Waals surface area contributed by atoms with E-state index in [4.69, 9.17) is 11.1 Å². The summed E-state index contributed by atoms with van der Waals surface area (Å²) in [6, 6.07) is 15.6. The van der Waals surface area contributed by atoms with Gasteiger partial charge in [0, 0.05) is 29.3 Å². The minimum Gasteiger partial charge on any atom is -0.383 e. The van der Waals surface area contributed by atoms with Gasteiger partial charge in [-0.1, -0.05) is 12.1 Å². The second-order valence-corrected chi connectivity index (χ2v) is 8.50. The zero-order valence-corrected chi connectivity index (χ0v) is 17.3. The predicted molar refractivity (Wildman–Crippen MR) is 120 cm³/mol. The molecule has 158 valence electrons. The molecule has 5 N–H and O–H groups in total. The summed E-state index contributed by atoms with van der Waals surface area (Å²) in [5.74, 6) is -0.226. The van der Waals surface area contributed by atoms with Crippen LogP contribution in [0.5, 0.6) is 0 Å². The lowest BCUT2D eigenvalue weighted by Crippen LogP contribution is -2.20. The van der Waals surface area contributed by atoms with Gasteiger partial charge in [-0.2, -0.15) is 0 Å². The maximum absolute atomic E-state index is 12.0. The van der Waals surface area contributed by atoms with E-state index < -0.39 is 15.9 Å². The van der Waals surface area contributed by atoms with Crippen molar-refractivity contribution in [3.63, 3.8) is 0 Å². The molecule has 0 aliphatic heterocycles. The van der Waals surface area contributed by atoms with Gasteiger partial charge >= 0.3 is 6.03 Å². The molecule has 0 atom stereocenters. The van der Waals surface area contributed by atoms with Gasteiger partial charge in [-0.3, -0.25) is 10.4 Å². The number of nitrogens with zero attached hydrogens (tertiary/aromatic N) is 2. The third-order valence-electron chi connectivity index (χ3n) is 4.13. The van der Waals surface area contributed by atoms with Crippen molar-refractivity contribution >= 4 is 38.9 Å². The molecule has 0 unspecified atom stereocenters. The van der Waals surface area contributed by atoms with Crippen LogP contribution in [0.1, 0.15) is 11.1 Å². The monoisotopic (exact) mass is 436 g/mol. The number of nitrogens with one attached hydrogen (secondary N) is 3. The molecule has 1 aromatic heterocycles. The number of hydrogen-bond acceptors (Lipinski definition) is 5. The number of nitrogens with two attached hydrogens (primary N) is 1. The molecule has 3 rings (SSSR count). The van der Waals surface area contributed by atoms with Gasteiger partial charge in [0.1, 0.15) is 5.84 Å². The molecule has 31 heavy (non-hydrogen) atoms. The van der Waals surface area contributed by atoms with Crippen LogP contribution in [0, 0.1) is 5.41 Å². The van der Waals surface area contributed by atoms with Crippen LogP contribution in [-0.2, 0) is 9.84 Å². The van der Waals surface area contributed by atoms with Crippen LogP contribution < -0.4 is 16.4 Å². The van der Waals surface area contributed by atoms with Crippen molar-refractivity contribution < 1.29 is 13.2 Å². The van der Waals surface area contributed by atoms with Crippen molar-refractivity contribution in [3.05, 3.63) is 84.2 Å². The topological polar surface area (TPSA) is 150 Å². The molecule has 9 nitrogen and oxygen atoms in total. The normalized spacial score (nSPS) is 11.6. The number of aromatic nitrogens is 1. The highest BCUT2D eigenvalue weighted by Gasteiger charge is 2.15. The Balaban J connectivity index is 1.71. The van der Waals surface area contributed by atoms with Crippen LogP contribution in [0.3, 0.4) is 0 Å². The van der Waals surface area contributed by atoms with Crippen LogP contribution in [-0.4, -0.2) is 37.4 Å². The fraction of sp³-hybridized carbons (Fsp3) is 0.0476. The molecule has 0 saturated carbocycles. The summed E-state index contributed by atoms with van der Waals surface area (Å²) in [6.07, 6.45) is 4.21. The van der Waals surface area contributed by atoms with Gasteiger partial charge < -0.3 is 16.4 Å². The van der Waals surface area contributed by atoms with Crippen molar-refractivity contribution in [2.24, 2.45) is 10.7 Å². The average Bonchev–Trinajstić information content (AvgIpc) is 2.74. The average molecular weight is 436 g/mol. The quantitative estimate of drug-likeness (QED) is 0.358. The SMILES string of the molecule is CS(=O)(=O)c1ccccc1/C(N)=N/C(=N)c1ccc(NC(=O)Nc2cccnc2)cc1. The molecule has 0 radical (unpaired) electrons. The molecular formula is C21H20N6O3S. The van der Waals surface area contributed by atoms with E-state index in [2.05, 4.69) is 20.6 Å². The zero-order valence-electron chi connectivity index (χ0n) is 16.5. The molecule has 0 spiro atoms. The summed E-state index contributed by atoms with van der Waals surface area (Å²) in [5, 5.41) is 13.5. The number of pyridine rings is 1. The maximum Gasteiger partial charge on any atom is 0.323 e. The molecule has 2 aromatic carbocycles. The third kappa shape index (κ3) is 5.73.